The van der Waals surface area contributed by atoms with E-state index in [1.165, 1.54) is 26.4 Å². The molecule has 0 aromatic heterocycles. The van der Waals surface area contributed by atoms with Crippen LogP contribution in [-0.4, -0.2) is 105 Å². The van der Waals surface area contributed by atoms with E-state index in [1.54, 1.807) is 4.90 Å². The number of carbonyl (C=O) groups is 2. The number of amides is 2. The number of benzene rings is 1. The quantitative estimate of drug-likeness (QED) is 0.311. The number of ether oxygens (including phenoxy) is 3. The number of hydrogen-bond donors (Lipinski definition) is 0. The lowest BCUT2D eigenvalue weighted by Gasteiger charge is -2.35. The van der Waals surface area contributed by atoms with E-state index in [0.29, 0.717) is 39.3 Å². The summed E-state index contributed by atoms with van der Waals surface area (Å²) in [5.74, 6) is 0.0959. The summed E-state index contributed by atoms with van der Waals surface area (Å²) in [7, 11) is 2.93. The van der Waals surface area contributed by atoms with Crippen molar-refractivity contribution in [1.82, 2.24) is 14.7 Å². The van der Waals surface area contributed by atoms with Gasteiger partial charge in [0.25, 0.3) is 11.6 Å². The molecule has 0 N–H and O–H groups in total. The molecule has 0 atom stereocenters. The smallest absolute Gasteiger partial charge is 0.286 e. The Morgan fingerprint density at radius 3 is 2.25 bits per heavy atom. The van der Waals surface area contributed by atoms with Crippen molar-refractivity contribution in [3.63, 3.8) is 0 Å². The summed E-state index contributed by atoms with van der Waals surface area (Å²) in [4.78, 5) is 42.0. The Bertz CT molecular complexity index is 834. The molecule has 2 saturated heterocycles. The lowest BCUT2D eigenvalue weighted by Crippen LogP contribution is -2.51. The fourth-order valence-corrected chi connectivity index (χ4v) is 3.92. The highest BCUT2D eigenvalue weighted by Gasteiger charge is 2.31. The number of hydrogen-bond acceptors (Lipinski definition) is 8. The van der Waals surface area contributed by atoms with Crippen LogP contribution in [0.25, 0.3) is 0 Å². The molecule has 0 spiro atoms. The van der Waals surface area contributed by atoms with Gasteiger partial charge in [-0.25, -0.2) is 0 Å². The van der Waals surface area contributed by atoms with Crippen LogP contribution in [0.15, 0.2) is 12.1 Å². The molecule has 2 aliphatic rings. The summed E-state index contributed by atoms with van der Waals surface area (Å²) in [5, 5.41) is 11.7. The molecule has 2 fully saturated rings. The fraction of sp³-hybridized carbons (Fsp3) is 0.619. The van der Waals surface area contributed by atoms with Gasteiger partial charge in [-0.2, -0.15) is 0 Å². The molecule has 2 heterocycles. The number of nitro benzene ring substituents is 1. The standard InChI is InChI=1S/C21H30N4O7/c1-30-11-12-32-19-14-17(25(28)29)16(13-18(19)31-2)21(27)24-9-7-22(8-10-24)15-20(26)23-5-3-4-6-23/h13-14H,3-12,15H2,1-2H3. The zero-order chi connectivity index (χ0) is 23.1. The van der Waals surface area contributed by atoms with Crippen LogP contribution >= 0.6 is 0 Å². The first-order valence-electron chi connectivity index (χ1n) is 10.7. The largest absolute Gasteiger partial charge is 0.493 e. The average Bonchev–Trinajstić information content (AvgIpc) is 3.34. The normalized spacial score (nSPS) is 16.8. The molecule has 1 aromatic rings. The van der Waals surface area contributed by atoms with E-state index in [2.05, 4.69) is 0 Å². The van der Waals surface area contributed by atoms with Crippen molar-refractivity contribution in [2.75, 3.05) is 73.2 Å². The molecule has 11 heteroatoms. The van der Waals surface area contributed by atoms with Crippen LogP contribution in [0.4, 0.5) is 5.69 Å². The molecule has 11 nitrogen and oxygen atoms in total. The van der Waals surface area contributed by atoms with Gasteiger partial charge in [0.15, 0.2) is 11.5 Å². The summed E-state index contributed by atoms with van der Waals surface area (Å²) in [6.07, 6.45) is 2.10. The minimum absolute atomic E-state index is 0.0486. The van der Waals surface area contributed by atoms with Gasteiger partial charge in [-0.05, 0) is 12.8 Å². The maximum absolute atomic E-state index is 13.1. The van der Waals surface area contributed by atoms with Gasteiger partial charge in [-0.3, -0.25) is 24.6 Å². The van der Waals surface area contributed by atoms with Gasteiger partial charge < -0.3 is 24.0 Å². The number of piperazine rings is 1. The molecule has 2 amide bonds. The number of nitrogens with zero attached hydrogens (tertiary/aromatic N) is 4. The minimum atomic E-state index is -0.596. The molecule has 0 aliphatic carbocycles. The third-order valence-electron chi connectivity index (χ3n) is 5.73. The van der Waals surface area contributed by atoms with Crippen LogP contribution in [0.5, 0.6) is 11.5 Å². The molecule has 2 aliphatic heterocycles. The first kappa shape index (κ1) is 23.7. The van der Waals surface area contributed by atoms with Crippen molar-refractivity contribution >= 4 is 17.5 Å². The Morgan fingerprint density at radius 1 is 0.969 bits per heavy atom. The van der Waals surface area contributed by atoms with Crippen molar-refractivity contribution in [3.05, 3.63) is 27.8 Å². The number of carbonyl (C=O) groups excluding carboxylic acids is 2. The monoisotopic (exact) mass is 450 g/mol. The minimum Gasteiger partial charge on any atom is -0.493 e. The van der Waals surface area contributed by atoms with E-state index in [1.807, 2.05) is 9.80 Å². The SMILES string of the molecule is COCCOc1cc([N+](=O)[O-])c(C(=O)N2CCN(CC(=O)N3CCCC3)CC2)cc1OC. The lowest BCUT2D eigenvalue weighted by molar-refractivity contribution is -0.385. The average molecular weight is 450 g/mol. The topological polar surface area (TPSA) is 115 Å². The van der Waals surface area contributed by atoms with Crippen LogP contribution < -0.4 is 9.47 Å². The van der Waals surface area contributed by atoms with E-state index in [9.17, 15) is 19.7 Å². The van der Waals surface area contributed by atoms with Gasteiger partial charge in [0.1, 0.15) is 12.2 Å². The molecule has 3 rings (SSSR count). The van der Waals surface area contributed by atoms with Gasteiger partial charge >= 0.3 is 0 Å². The van der Waals surface area contributed by atoms with Crippen LogP contribution in [0.2, 0.25) is 0 Å². The van der Waals surface area contributed by atoms with Gasteiger partial charge in [-0.15, -0.1) is 0 Å². The van der Waals surface area contributed by atoms with E-state index in [4.69, 9.17) is 14.2 Å². The zero-order valence-corrected chi connectivity index (χ0v) is 18.6. The first-order valence-corrected chi connectivity index (χ1v) is 10.7. The molecule has 1 aromatic carbocycles. The maximum Gasteiger partial charge on any atom is 0.286 e. The number of likely N-dealkylation sites (tertiary alicyclic amines) is 1. The molecule has 32 heavy (non-hydrogen) atoms. The molecule has 0 saturated carbocycles. The zero-order valence-electron chi connectivity index (χ0n) is 18.6. The lowest BCUT2D eigenvalue weighted by atomic mass is 10.1. The number of methoxy groups -OCH3 is 2. The van der Waals surface area contributed by atoms with Crippen LogP contribution in [-0.2, 0) is 9.53 Å². The predicted molar refractivity (Wildman–Crippen MR) is 115 cm³/mol. The summed E-state index contributed by atoms with van der Waals surface area (Å²) >= 11 is 0. The van der Waals surface area contributed by atoms with Gasteiger partial charge in [0.05, 0.1) is 31.3 Å². The second-order valence-electron chi connectivity index (χ2n) is 7.77. The Kier molecular flexibility index (Phi) is 8.23. The van der Waals surface area contributed by atoms with Gasteiger partial charge in [-0.1, -0.05) is 0 Å². The van der Waals surface area contributed by atoms with Crippen LogP contribution in [0, 0.1) is 10.1 Å². The van der Waals surface area contributed by atoms with Crippen molar-refractivity contribution in [3.8, 4) is 11.5 Å². The highest BCUT2D eigenvalue weighted by atomic mass is 16.6. The molecular weight excluding hydrogens is 420 g/mol. The van der Waals surface area contributed by atoms with Crippen LogP contribution in [0.1, 0.15) is 23.2 Å². The number of nitro groups is 1. The molecule has 176 valence electrons. The second-order valence-corrected chi connectivity index (χ2v) is 7.77. The van der Waals surface area contributed by atoms with E-state index >= 15 is 0 Å². The summed E-state index contributed by atoms with van der Waals surface area (Å²) in [5.41, 5.74) is -0.387. The summed E-state index contributed by atoms with van der Waals surface area (Å²) in [6, 6.07) is 2.57. The summed E-state index contributed by atoms with van der Waals surface area (Å²) < 4.78 is 15.7. The number of rotatable bonds is 9. The van der Waals surface area contributed by atoms with E-state index in [-0.39, 0.29) is 35.3 Å². The molecular formula is C21H30N4O7. The van der Waals surface area contributed by atoms with Crippen LogP contribution in [0.3, 0.4) is 0 Å². The van der Waals surface area contributed by atoms with Gasteiger partial charge in [0.2, 0.25) is 5.91 Å². The molecule has 0 radical (unpaired) electrons. The van der Waals surface area contributed by atoms with Crippen molar-refractivity contribution in [2.45, 2.75) is 12.8 Å². The Morgan fingerprint density at radius 2 is 1.66 bits per heavy atom. The Balaban J connectivity index is 1.67. The highest BCUT2D eigenvalue weighted by Crippen LogP contribution is 2.35. The maximum atomic E-state index is 13.1. The summed E-state index contributed by atoms with van der Waals surface area (Å²) in [6.45, 7) is 4.31. The van der Waals surface area contributed by atoms with Crippen molar-refractivity contribution < 1.29 is 28.7 Å². The van der Waals surface area contributed by atoms with Gasteiger partial charge in [0, 0.05) is 52.4 Å². The van der Waals surface area contributed by atoms with E-state index < -0.39 is 10.8 Å². The predicted octanol–water partition coefficient (Wildman–Crippen LogP) is 1.01. The van der Waals surface area contributed by atoms with E-state index in [0.717, 1.165) is 25.9 Å². The fourth-order valence-electron chi connectivity index (χ4n) is 3.92. The third-order valence-corrected chi connectivity index (χ3v) is 5.73. The van der Waals surface area contributed by atoms with Crippen molar-refractivity contribution in [1.29, 1.82) is 0 Å². The molecule has 0 bridgehead atoms. The van der Waals surface area contributed by atoms with Crippen molar-refractivity contribution in [2.24, 2.45) is 0 Å². The Labute approximate surface area is 186 Å². The highest BCUT2D eigenvalue weighted by molar-refractivity contribution is 5.99. The third kappa shape index (κ3) is 5.65. The second kappa shape index (κ2) is 11.1. The molecule has 0 unspecified atom stereocenters. The first-order chi connectivity index (χ1) is 15.4. The Hall–Kier alpha value is -2.92.